The molecule has 106 valence electrons. The number of rotatable bonds is 2. The highest BCUT2D eigenvalue weighted by molar-refractivity contribution is 5.87. The van der Waals surface area contributed by atoms with Gasteiger partial charge >= 0.3 is 12.1 Å². The van der Waals surface area contributed by atoms with Crippen LogP contribution in [0.5, 0.6) is 0 Å². The van der Waals surface area contributed by atoms with Crippen LogP contribution in [0.15, 0.2) is 23.5 Å². The summed E-state index contributed by atoms with van der Waals surface area (Å²) in [6.07, 6.45) is -0.849. The first-order valence-electron chi connectivity index (χ1n) is 6.07. The van der Waals surface area contributed by atoms with Gasteiger partial charge in [-0.05, 0) is 25.0 Å². The lowest BCUT2D eigenvalue weighted by atomic mass is 9.96. The van der Waals surface area contributed by atoms with Gasteiger partial charge < -0.3 is 15.3 Å². The molecule has 0 unspecified atom stereocenters. The molecule has 0 bridgehead atoms. The van der Waals surface area contributed by atoms with Gasteiger partial charge in [-0.3, -0.25) is 0 Å². The number of carboxylic acid groups (broad SMARTS) is 1. The Hall–Kier alpha value is -1.66. The fourth-order valence-corrected chi connectivity index (χ4v) is 2.29. The molecule has 0 amide bonds. The van der Waals surface area contributed by atoms with Crippen LogP contribution in [0, 0.1) is 5.92 Å². The van der Waals surface area contributed by atoms with Gasteiger partial charge in [-0.2, -0.15) is 13.2 Å². The molecule has 7 heteroatoms. The SMILES string of the molecule is O=C(O)C1=CC=C(N2CCC(C(F)(F)F)CC2)NC1. The lowest BCUT2D eigenvalue weighted by Crippen LogP contribution is -2.42. The van der Waals surface area contributed by atoms with E-state index in [1.165, 1.54) is 6.08 Å². The van der Waals surface area contributed by atoms with Gasteiger partial charge in [0, 0.05) is 19.6 Å². The van der Waals surface area contributed by atoms with E-state index in [-0.39, 0.29) is 25.0 Å². The van der Waals surface area contributed by atoms with Gasteiger partial charge in [-0.25, -0.2) is 4.79 Å². The molecule has 4 nitrogen and oxygen atoms in total. The Balaban J connectivity index is 1.94. The molecule has 2 heterocycles. The standard InChI is InChI=1S/C12H15F3N2O2/c13-12(14,15)9-3-5-17(6-4-9)10-2-1-8(7-16-10)11(18)19/h1-2,9,16H,3-7H2,(H,18,19). The zero-order valence-corrected chi connectivity index (χ0v) is 10.2. The Morgan fingerprint density at radius 3 is 2.37 bits per heavy atom. The Morgan fingerprint density at radius 1 is 1.32 bits per heavy atom. The Kier molecular flexibility index (Phi) is 3.73. The van der Waals surface area contributed by atoms with Crippen molar-refractivity contribution >= 4 is 5.97 Å². The van der Waals surface area contributed by atoms with E-state index in [9.17, 15) is 18.0 Å². The first kappa shape index (κ1) is 13.8. The van der Waals surface area contributed by atoms with Crippen LogP contribution < -0.4 is 5.32 Å². The van der Waals surface area contributed by atoms with Crippen LogP contribution in [-0.4, -0.2) is 41.8 Å². The van der Waals surface area contributed by atoms with E-state index in [0.717, 1.165) is 0 Å². The number of likely N-dealkylation sites (tertiary alicyclic amines) is 1. The number of halogens is 3. The van der Waals surface area contributed by atoms with Crippen molar-refractivity contribution in [2.75, 3.05) is 19.6 Å². The third kappa shape index (κ3) is 3.21. The average molecular weight is 276 g/mol. The summed E-state index contributed by atoms with van der Waals surface area (Å²) in [7, 11) is 0. The van der Waals surface area contributed by atoms with Crippen molar-refractivity contribution in [3.8, 4) is 0 Å². The van der Waals surface area contributed by atoms with E-state index in [4.69, 9.17) is 5.11 Å². The number of aliphatic carboxylic acids is 1. The molecule has 2 N–H and O–H groups in total. The van der Waals surface area contributed by atoms with Gasteiger partial charge in [0.1, 0.15) is 5.82 Å². The summed E-state index contributed by atoms with van der Waals surface area (Å²) in [5.41, 5.74) is 0.244. The molecule has 0 aromatic heterocycles. The van der Waals surface area contributed by atoms with Crippen molar-refractivity contribution in [1.82, 2.24) is 10.2 Å². The molecule has 2 aliphatic heterocycles. The highest BCUT2D eigenvalue weighted by Gasteiger charge is 2.41. The molecular formula is C12H15F3N2O2. The first-order valence-corrected chi connectivity index (χ1v) is 6.07. The Morgan fingerprint density at radius 2 is 1.95 bits per heavy atom. The van der Waals surface area contributed by atoms with Crippen molar-refractivity contribution in [3.63, 3.8) is 0 Å². The van der Waals surface area contributed by atoms with Crippen molar-refractivity contribution in [1.29, 1.82) is 0 Å². The van der Waals surface area contributed by atoms with E-state index in [1.807, 2.05) is 4.90 Å². The summed E-state index contributed by atoms with van der Waals surface area (Å²) in [5.74, 6) is -1.51. The molecule has 19 heavy (non-hydrogen) atoms. The van der Waals surface area contributed by atoms with Crippen LogP contribution in [0.4, 0.5) is 13.2 Å². The molecule has 1 saturated heterocycles. The summed E-state index contributed by atoms with van der Waals surface area (Å²) in [6, 6.07) is 0. The van der Waals surface area contributed by atoms with E-state index < -0.39 is 18.1 Å². The predicted molar refractivity (Wildman–Crippen MR) is 62.2 cm³/mol. The summed E-state index contributed by atoms with van der Waals surface area (Å²) >= 11 is 0. The molecule has 0 aromatic carbocycles. The Labute approximate surface area is 108 Å². The number of carboxylic acids is 1. The van der Waals surface area contributed by atoms with E-state index >= 15 is 0 Å². The van der Waals surface area contributed by atoms with Crippen LogP contribution in [0.25, 0.3) is 0 Å². The fourth-order valence-electron chi connectivity index (χ4n) is 2.29. The molecular weight excluding hydrogens is 261 g/mol. The van der Waals surface area contributed by atoms with Crippen LogP contribution in [0.3, 0.4) is 0 Å². The van der Waals surface area contributed by atoms with E-state index in [2.05, 4.69) is 5.32 Å². The second kappa shape index (κ2) is 5.14. The Bertz CT molecular complexity index is 421. The van der Waals surface area contributed by atoms with Gasteiger partial charge in [-0.1, -0.05) is 0 Å². The molecule has 0 atom stereocenters. The highest BCUT2D eigenvalue weighted by Crippen LogP contribution is 2.34. The van der Waals surface area contributed by atoms with E-state index in [0.29, 0.717) is 18.9 Å². The molecule has 0 radical (unpaired) electrons. The third-order valence-electron chi connectivity index (χ3n) is 3.48. The normalized spacial score (nSPS) is 21.5. The molecule has 1 fully saturated rings. The van der Waals surface area contributed by atoms with Crippen molar-refractivity contribution in [2.24, 2.45) is 5.92 Å². The maximum absolute atomic E-state index is 12.5. The number of allylic oxidation sites excluding steroid dienone is 2. The van der Waals surface area contributed by atoms with Crippen LogP contribution in [0.1, 0.15) is 12.8 Å². The van der Waals surface area contributed by atoms with Crippen LogP contribution in [0.2, 0.25) is 0 Å². The fraction of sp³-hybridized carbons (Fsp3) is 0.583. The number of piperidine rings is 1. The molecule has 2 aliphatic rings. The van der Waals surface area contributed by atoms with Gasteiger partial charge in [0.15, 0.2) is 0 Å². The van der Waals surface area contributed by atoms with Crippen LogP contribution in [-0.2, 0) is 4.79 Å². The maximum atomic E-state index is 12.5. The zero-order valence-electron chi connectivity index (χ0n) is 10.2. The number of hydrogen-bond donors (Lipinski definition) is 2. The number of dihydropyridines is 1. The molecule has 2 rings (SSSR count). The topological polar surface area (TPSA) is 52.6 Å². The molecule has 0 aliphatic carbocycles. The monoisotopic (exact) mass is 276 g/mol. The summed E-state index contributed by atoms with van der Waals surface area (Å²) in [5, 5.41) is 11.7. The maximum Gasteiger partial charge on any atom is 0.391 e. The van der Waals surface area contributed by atoms with E-state index in [1.54, 1.807) is 6.08 Å². The van der Waals surface area contributed by atoms with Gasteiger partial charge in [-0.15, -0.1) is 0 Å². The second-order valence-corrected chi connectivity index (χ2v) is 4.71. The number of nitrogens with one attached hydrogen (secondary N) is 1. The van der Waals surface area contributed by atoms with Gasteiger partial charge in [0.2, 0.25) is 0 Å². The summed E-state index contributed by atoms with van der Waals surface area (Å²) in [4.78, 5) is 12.5. The highest BCUT2D eigenvalue weighted by atomic mass is 19.4. The molecule has 0 spiro atoms. The molecule has 0 saturated carbocycles. The average Bonchev–Trinajstić information content (AvgIpc) is 2.38. The smallest absolute Gasteiger partial charge is 0.391 e. The first-order chi connectivity index (χ1) is 8.88. The minimum atomic E-state index is -4.11. The molecule has 0 aromatic rings. The lowest BCUT2D eigenvalue weighted by molar-refractivity contribution is -0.184. The number of nitrogens with zero attached hydrogens (tertiary/aromatic N) is 1. The van der Waals surface area contributed by atoms with Crippen molar-refractivity contribution < 1.29 is 23.1 Å². The quantitative estimate of drug-likeness (QED) is 0.806. The van der Waals surface area contributed by atoms with Crippen molar-refractivity contribution in [3.05, 3.63) is 23.5 Å². The summed E-state index contributed by atoms with van der Waals surface area (Å²) in [6.45, 7) is 0.860. The van der Waals surface area contributed by atoms with Gasteiger partial charge in [0.25, 0.3) is 0 Å². The number of carbonyl (C=O) groups is 1. The largest absolute Gasteiger partial charge is 0.478 e. The van der Waals surface area contributed by atoms with Crippen molar-refractivity contribution in [2.45, 2.75) is 19.0 Å². The minimum Gasteiger partial charge on any atom is -0.478 e. The van der Waals surface area contributed by atoms with Gasteiger partial charge in [0.05, 0.1) is 11.5 Å². The lowest BCUT2D eigenvalue weighted by Gasteiger charge is -2.36. The minimum absolute atomic E-state index is 0.0814. The predicted octanol–water partition coefficient (Wildman–Crippen LogP) is 1.72. The zero-order chi connectivity index (χ0) is 14.0. The summed E-state index contributed by atoms with van der Waals surface area (Å²) < 4.78 is 37.6. The number of hydrogen-bond acceptors (Lipinski definition) is 3. The third-order valence-corrected chi connectivity index (χ3v) is 3.48. The second-order valence-electron chi connectivity index (χ2n) is 4.71. The van der Waals surface area contributed by atoms with Crippen LogP contribution >= 0.6 is 0 Å². The number of alkyl halides is 3.